The highest BCUT2D eigenvalue weighted by molar-refractivity contribution is 14.1. The van der Waals surface area contributed by atoms with Crippen LogP contribution in [0.25, 0.3) is 11.4 Å². The van der Waals surface area contributed by atoms with Gasteiger partial charge >= 0.3 is 0 Å². The van der Waals surface area contributed by atoms with Crippen LogP contribution in [0.5, 0.6) is 5.75 Å². The maximum absolute atomic E-state index is 5.48. The lowest BCUT2D eigenvalue weighted by atomic mass is 10.1. The Morgan fingerprint density at radius 3 is 2.62 bits per heavy atom. The number of rotatable bonds is 5. The van der Waals surface area contributed by atoms with Crippen molar-refractivity contribution >= 4 is 28.4 Å². The molecule has 0 fully saturated rings. The number of hydrogen-bond donors (Lipinski definition) is 1. The van der Waals surface area contributed by atoms with E-state index in [1.807, 2.05) is 19.1 Å². The van der Waals surface area contributed by atoms with Crippen molar-refractivity contribution in [3.63, 3.8) is 0 Å². The third-order valence-electron chi connectivity index (χ3n) is 3.20. The summed E-state index contributed by atoms with van der Waals surface area (Å²) in [5.41, 5.74) is 3.14. The molecule has 0 unspecified atom stereocenters. The molecule has 21 heavy (non-hydrogen) atoms. The molecular weight excluding hydrogens is 377 g/mol. The number of ether oxygens (including phenoxy) is 1. The summed E-state index contributed by atoms with van der Waals surface area (Å²) in [5, 5.41) is 3.31. The van der Waals surface area contributed by atoms with E-state index in [1.165, 1.54) is 0 Å². The maximum atomic E-state index is 5.48. The van der Waals surface area contributed by atoms with Crippen LogP contribution in [0.1, 0.15) is 25.1 Å². The number of aryl methyl sites for hydroxylation is 2. The highest BCUT2D eigenvalue weighted by Crippen LogP contribution is 2.31. The third kappa shape index (κ3) is 3.45. The van der Waals surface area contributed by atoms with Gasteiger partial charge in [0.05, 0.1) is 21.9 Å². The van der Waals surface area contributed by atoms with Gasteiger partial charge in [0.2, 0.25) is 0 Å². The molecule has 0 radical (unpaired) electrons. The molecule has 0 spiro atoms. The Bertz CT molecular complexity index is 644. The van der Waals surface area contributed by atoms with Crippen LogP contribution in [0.2, 0.25) is 0 Å². The van der Waals surface area contributed by atoms with Crippen LogP contribution < -0.4 is 10.1 Å². The minimum Gasteiger partial charge on any atom is -0.496 e. The van der Waals surface area contributed by atoms with Gasteiger partial charge in [-0.15, -0.1) is 0 Å². The van der Waals surface area contributed by atoms with E-state index in [2.05, 4.69) is 52.8 Å². The molecule has 0 saturated carbocycles. The van der Waals surface area contributed by atoms with Crippen molar-refractivity contribution in [2.24, 2.45) is 0 Å². The number of methoxy groups -OCH3 is 1. The molecule has 0 amide bonds. The summed E-state index contributed by atoms with van der Waals surface area (Å²) in [6.07, 6.45) is 0.875. The average Bonchev–Trinajstić information content (AvgIpc) is 2.49. The van der Waals surface area contributed by atoms with E-state index in [-0.39, 0.29) is 0 Å². The molecule has 4 nitrogen and oxygen atoms in total. The van der Waals surface area contributed by atoms with E-state index in [0.29, 0.717) is 5.82 Å². The van der Waals surface area contributed by atoms with Crippen LogP contribution in [0.15, 0.2) is 18.2 Å². The number of aromatic nitrogens is 2. The summed E-state index contributed by atoms with van der Waals surface area (Å²) in [5.74, 6) is 2.41. The molecule has 0 bridgehead atoms. The first kappa shape index (κ1) is 16.0. The Balaban J connectivity index is 2.60. The first-order valence-electron chi connectivity index (χ1n) is 7.06. The summed E-state index contributed by atoms with van der Waals surface area (Å²) in [4.78, 5) is 9.37. The van der Waals surface area contributed by atoms with Gasteiger partial charge in [0.1, 0.15) is 11.6 Å². The molecule has 1 N–H and O–H groups in total. The van der Waals surface area contributed by atoms with Crippen molar-refractivity contribution < 1.29 is 4.74 Å². The molecular formula is C16H20IN3O. The Kier molecular flexibility index (Phi) is 5.39. The van der Waals surface area contributed by atoms with E-state index in [0.717, 1.165) is 44.9 Å². The number of anilines is 1. The fourth-order valence-electron chi connectivity index (χ4n) is 2.12. The predicted molar refractivity (Wildman–Crippen MR) is 95.0 cm³/mol. The van der Waals surface area contributed by atoms with Crippen LogP contribution in [0, 0.1) is 10.5 Å². The summed E-state index contributed by atoms with van der Waals surface area (Å²) in [6, 6.07) is 6.08. The molecule has 2 aromatic rings. The first-order chi connectivity index (χ1) is 10.1. The van der Waals surface area contributed by atoms with Crippen molar-refractivity contribution in [3.05, 3.63) is 33.0 Å². The molecule has 0 aliphatic heterocycles. The number of hydrogen-bond acceptors (Lipinski definition) is 4. The summed E-state index contributed by atoms with van der Waals surface area (Å²) in [7, 11) is 1.68. The SMILES string of the molecule is CCNc1nc(-c2ccc(C)cc2OC)nc(CC)c1I. The second-order valence-corrected chi connectivity index (χ2v) is 5.82. The monoisotopic (exact) mass is 397 g/mol. The van der Waals surface area contributed by atoms with Crippen molar-refractivity contribution in [2.75, 3.05) is 19.0 Å². The number of halogens is 1. The van der Waals surface area contributed by atoms with Gasteiger partial charge in [-0.25, -0.2) is 9.97 Å². The highest BCUT2D eigenvalue weighted by atomic mass is 127. The van der Waals surface area contributed by atoms with Crippen molar-refractivity contribution in [2.45, 2.75) is 27.2 Å². The van der Waals surface area contributed by atoms with E-state index in [4.69, 9.17) is 9.72 Å². The zero-order valence-electron chi connectivity index (χ0n) is 12.8. The topological polar surface area (TPSA) is 47.0 Å². The minimum atomic E-state index is 0.708. The van der Waals surface area contributed by atoms with Gasteiger partial charge in [-0.2, -0.15) is 0 Å². The lowest BCUT2D eigenvalue weighted by Crippen LogP contribution is -2.08. The summed E-state index contributed by atoms with van der Waals surface area (Å²) in [6.45, 7) is 7.05. The predicted octanol–water partition coefficient (Wildman–Crippen LogP) is 4.06. The van der Waals surface area contributed by atoms with Gasteiger partial charge in [-0.3, -0.25) is 0 Å². The zero-order chi connectivity index (χ0) is 15.4. The van der Waals surface area contributed by atoms with Crippen LogP contribution in [0.3, 0.4) is 0 Å². The van der Waals surface area contributed by atoms with Crippen molar-refractivity contribution in [1.82, 2.24) is 9.97 Å². The Hall–Kier alpha value is -1.37. The number of benzene rings is 1. The fourth-order valence-corrected chi connectivity index (χ4v) is 2.93. The highest BCUT2D eigenvalue weighted by Gasteiger charge is 2.15. The lowest BCUT2D eigenvalue weighted by molar-refractivity contribution is 0.416. The molecule has 1 aromatic heterocycles. The van der Waals surface area contributed by atoms with Crippen LogP contribution >= 0.6 is 22.6 Å². The van der Waals surface area contributed by atoms with Gasteiger partial charge in [0, 0.05) is 6.54 Å². The number of nitrogens with one attached hydrogen (secondary N) is 1. The molecule has 1 aromatic carbocycles. The minimum absolute atomic E-state index is 0.708. The van der Waals surface area contributed by atoms with Gasteiger partial charge in [0.15, 0.2) is 5.82 Å². The average molecular weight is 397 g/mol. The lowest BCUT2D eigenvalue weighted by Gasteiger charge is -2.13. The second kappa shape index (κ2) is 7.06. The van der Waals surface area contributed by atoms with E-state index in [9.17, 15) is 0 Å². The molecule has 112 valence electrons. The molecule has 2 rings (SSSR count). The van der Waals surface area contributed by atoms with E-state index >= 15 is 0 Å². The normalized spacial score (nSPS) is 10.5. The maximum Gasteiger partial charge on any atom is 0.165 e. The molecule has 0 aliphatic carbocycles. The largest absolute Gasteiger partial charge is 0.496 e. The molecule has 0 saturated heterocycles. The molecule has 0 atom stereocenters. The van der Waals surface area contributed by atoms with Crippen LogP contribution in [-0.2, 0) is 6.42 Å². The quantitative estimate of drug-likeness (QED) is 0.774. The van der Waals surface area contributed by atoms with Gasteiger partial charge < -0.3 is 10.1 Å². The van der Waals surface area contributed by atoms with Crippen LogP contribution in [-0.4, -0.2) is 23.6 Å². The van der Waals surface area contributed by atoms with Crippen LogP contribution in [0.4, 0.5) is 5.82 Å². The summed E-state index contributed by atoms with van der Waals surface area (Å²) < 4.78 is 6.57. The smallest absolute Gasteiger partial charge is 0.165 e. The standard InChI is InChI=1S/C16H20IN3O/c1-5-12-14(17)16(18-6-2)20-15(19-12)11-8-7-10(3)9-13(11)21-4/h7-9H,5-6H2,1-4H3,(H,18,19,20). The second-order valence-electron chi connectivity index (χ2n) is 4.74. The van der Waals surface area contributed by atoms with Gasteiger partial charge in [0.25, 0.3) is 0 Å². The fraction of sp³-hybridized carbons (Fsp3) is 0.375. The molecule has 0 aliphatic rings. The van der Waals surface area contributed by atoms with Gasteiger partial charge in [-0.05, 0) is 60.6 Å². The molecule has 5 heteroatoms. The Labute approximate surface area is 139 Å². The van der Waals surface area contributed by atoms with Crippen molar-refractivity contribution in [3.8, 4) is 17.1 Å². The Morgan fingerprint density at radius 1 is 1.24 bits per heavy atom. The molecule has 1 heterocycles. The van der Waals surface area contributed by atoms with E-state index in [1.54, 1.807) is 7.11 Å². The first-order valence-corrected chi connectivity index (χ1v) is 8.13. The van der Waals surface area contributed by atoms with Crippen molar-refractivity contribution in [1.29, 1.82) is 0 Å². The third-order valence-corrected chi connectivity index (χ3v) is 4.33. The zero-order valence-corrected chi connectivity index (χ0v) is 15.0. The van der Waals surface area contributed by atoms with E-state index < -0.39 is 0 Å². The Morgan fingerprint density at radius 2 is 2.00 bits per heavy atom. The number of nitrogens with zero attached hydrogens (tertiary/aromatic N) is 2. The van der Waals surface area contributed by atoms with Gasteiger partial charge in [-0.1, -0.05) is 13.0 Å². The summed E-state index contributed by atoms with van der Waals surface area (Å²) >= 11 is 2.30.